The Labute approximate surface area is 147 Å². The molecule has 0 heteroatoms. The number of hydrogen-bond donors (Lipinski definition) is 0. The molecule has 0 radical (unpaired) electrons. The normalized spacial score (nSPS) is 21.2. The zero-order valence-corrected chi connectivity index (χ0v) is 15.2. The standard InChI is InChI=1S/C24H30/c1-3-5-19-7-11-21(12-8-19)23-15-17-24(18-16-23)22-13-9-20(6-4-2)10-14-22/h3,5,9-10,13-19,21H,4,6-8,11-12H2,1-2H3/b5-3+. The second-order valence-corrected chi connectivity index (χ2v) is 7.21. The van der Waals surface area contributed by atoms with Crippen LogP contribution in [0.4, 0.5) is 0 Å². The largest absolute Gasteiger partial charge is 0.0914 e. The Morgan fingerprint density at radius 2 is 1.42 bits per heavy atom. The maximum absolute atomic E-state index is 2.39. The van der Waals surface area contributed by atoms with E-state index in [1.165, 1.54) is 60.8 Å². The van der Waals surface area contributed by atoms with Gasteiger partial charge in [-0.05, 0) is 73.1 Å². The van der Waals surface area contributed by atoms with Crippen molar-refractivity contribution in [2.24, 2.45) is 5.92 Å². The fraction of sp³-hybridized carbons (Fsp3) is 0.417. The summed E-state index contributed by atoms with van der Waals surface area (Å²) in [6.45, 7) is 4.37. The highest BCUT2D eigenvalue weighted by Gasteiger charge is 2.20. The third-order valence-corrected chi connectivity index (χ3v) is 5.44. The van der Waals surface area contributed by atoms with E-state index < -0.39 is 0 Å². The molecule has 0 spiro atoms. The molecule has 2 aromatic carbocycles. The maximum atomic E-state index is 2.39. The molecule has 1 saturated carbocycles. The van der Waals surface area contributed by atoms with E-state index in [4.69, 9.17) is 0 Å². The molecule has 0 heterocycles. The van der Waals surface area contributed by atoms with E-state index >= 15 is 0 Å². The molecule has 0 amide bonds. The van der Waals surface area contributed by atoms with Gasteiger partial charge in [-0.1, -0.05) is 74.0 Å². The Balaban J connectivity index is 1.65. The molecule has 3 rings (SSSR count). The molecule has 1 aliphatic rings. The number of aryl methyl sites for hydroxylation is 1. The highest BCUT2D eigenvalue weighted by atomic mass is 14.3. The van der Waals surface area contributed by atoms with Gasteiger partial charge in [-0.15, -0.1) is 0 Å². The number of rotatable bonds is 5. The van der Waals surface area contributed by atoms with Crippen molar-refractivity contribution in [2.75, 3.05) is 0 Å². The monoisotopic (exact) mass is 318 g/mol. The van der Waals surface area contributed by atoms with Crippen LogP contribution in [0.3, 0.4) is 0 Å². The van der Waals surface area contributed by atoms with Crippen LogP contribution in [0.1, 0.15) is 63.0 Å². The second kappa shape index (κ2) is 8.33. The summed E-state index contributed by atoms with van der Waals surface area (Å²) in [4.78, 5) is 0. The second-order valence-electron chi connectivity index (χ2n) is 7.21. The van der Waals surface area contributed by atoms with Gasteiger partial charge in [-0.3, -0.25) is 0 Å². The van der Waals surface area contributed by atoms with Gasteiger partial charge < -0.3 is 0 Å². The predicted molar refractivity (Wildman–Crippen MR) is 105 cm³/mol. The quantitative estimate of drug-likeness (QED) is 0.513. The first-order valence-electron chi connectivity index (χ1n) is 9.62. The molecule has 0 aliphatic heterocycles. The fourth-order valence-corrected chi connectivity index (χ4v) is 4.02. The van der Waals surface area contributed by atoms with E-state index in [2.05, 4.69) is 74.5 Å². The maximum Gasteiger partial charge on any atom is -0.0162 e. The average Bonchev–Trinajstić information content (AvgIpc) is 2.64. The Hall–Kier alpha value is -1.82. The third-order valence-electron chi connectivity index (χ3n) is 5.44. The van der Waals surface area contributed by atoms with Crippen molar-refractivity contribution < 1.29 is 0 Å². The third kappa shape index (κ3) is 4.17. The van der Waals surface area contributed by atoms with E-state index in [1.54, 1.807) is 0 Å². The molecule has 1 fully saturated rings. The molecule has 1 aliphatic carbocycles. The molecule has 24 heavy (non-hydrogen) atoms. The number of benzene rings is 2. The van der Waals surface area contributed by atoms with Crippen molar-refractivity contribution in [3.05, 3.63) is 71.8 Å². The lowest BCUT2D eigenvalue weighted by molar-refractivity contribution is 0.376. The first kappa shape index (κ1) is 17.0. The van der Waals surface area contributed by atoms with Gasteiger partial charge in [0.2, 0.25) is 0 Å². The molecule has 126 valence electrons. The van der Waals surface area contributed by atoms with Crippen LogP contribution in [0.5, 0.6) is 0 Å². The molecule has 0 unspecified atom stereocenters. The highest BCUT2D eigenvalue weighted by molar-refractivity contribution is 5.64. The molecule has 0 nitrogen and oxygen atoms in total. The van der Waals surface area contributed by atoms with Crippen molar-refractivity contribution in [1.29, 1.82) is 0 Å². The van der Waals surface area contributed by atoms with E-state index in [0.29, 0.717) is 0 Å². The topological polar surface area (TPSA) is 0 Å². The van der Waals surface area contributed by atoms with Gasteiger partial charge in [-0.25, -0.2) is 0 Å². The lowest BCUT2D eigenvalue weighted by atomic mass is 9.78. The molecule has 0 N–H and O–H groups in total. The smallest absolute Gasteiger partial charge is 0.0162 e. The van der Waals surface area contributed by atoms with E-state index in [9.17, 15) is 0 Å². The Kier molecular flexibility index (Phi) is 5.91. The highest BCUT2D eigenvalue weighted by Crippen LogP contribution is 2.36. The van der Waals surface area contributed by atoms with E-state index in [-0.39, 0.29) is 0 Å². The van der Waals surface area contributed by atoms with Gasteiger partial charge in [0.25, 0.3) is 0 Å². The lowest BCUT2D eigenvalue weighted by Gasteiger charge is -2.27. The van der Waals surface area contributed by atoms with Crippen molar-refractivity contribution >= 4 is 0 Å². The Bertz CT molecular complexity index is 637. The van der Waals surface area contributed by atoms with Crippen LogP contribution in [0, 0.1) is 5.92 Å². The zero-order chi connectivity index (χ0) is 16.8. The molecular weight excluding hydrogens is 288 g/mol. The SMILES string of the molecule is C/C=C/C1CCC(c2ccc(-c3ccc(CCC)cc3)cc2)CC1. The van der Waals surface area contributed by atoms with Gasteiger partial charge in [0, 0.05) is 0 Å². The predicted octanol–water partition coefficient (Wildman–Crippen LogP) is 7.16. The first-order chi connectivity index (χ1) is 11.8. The van der Waals surface area contributed by atoms with Crippen LogP contribution in [0.2, 0.25) is 0 Å². The van der Waals surface area contributed by atoms with Crippen LogP contribution in [0.25, 0.3) is 11.1 Å². The molecule has 2 aromatic rings. The summed E-state index contributed by atoms with van der Waals surface area (Å²) >= 11 is 0. The lowest BCUT2D eigenvalue weighted by Crippen LogP contribution is -2.11. The van der Waals surface area contributed by atoms with Crippen LogP contribution in [-0.4, -0.2) is 0 Å². The number of allylic oxidation sites excluding steroid dienone is 2. The minimum atomic E-state index is 0.757. The summed E-state index contributed by atoms with van der Waals surface area (Å²) in [5.74, 6) is 1.57. The van der Waals surface area contributed by atoms with E-state index in [0.717, 1.165) is 11.8 Å². The number of hydrogen-bond acceptors (Lipinski definition) is 0. The minimum Gasteiger partial charge on any atom is -0.0914 e. The van der Waals surface area contributed by atoms with Gasteiger partial charge >= 0.3 is 0 Å². The van der Waals surface area contributed by atoms with Crippen LogP contribution in [-0.2, 0) is 6.42 Å². The summed E-state index contributed by atoms with van der Waals surface area (Å²) < 4.78 is 0. The van der Waals surface area contributed by atoms with Crippen molar-refractivity contribution in [1.82, 2.24) is 0 Å². The molecule has 0 bridgehead atoms. The molecular formula is C24H30. The minimum absolute atomic E-state index is 0.757. The summed E-state index contributed by atoms with van der Waals surface area (Å²) in [6, 6.07) is 18.4. The van der Waals surface area contributed by atoms with Crippen molar-refractivity contribution in [3.8, 4) is 11.1 Å². The van der Waals surface area contributed by atoms with E-state index in [1.807, 2.05) is 0 Å². The summed E-state index contributed by atoms with van der Waals surface area (Å²) in [6.07, 6.45) is 12.3. The fourth-order valence-electron chi connectivity index (χ4n) is 4.02. The zero-order valence-electron chi connectivity index (χ0n) is 15.2. The van der Waals surface area contributed by atoms with Gasteiger partial charge in [0.15, 0.2) is 0 Å². The van der Waals surface area contributed by atoms with Gasteiger partial charge in [0.05, 0.1) is 0 Å². The van der Waals surface area contributed by atoms with Crippen LogP contribution >= 0.6 is 0 Å². The average molecular weight is 319 g/mol. The summed E-state index contributed by atoms with van der Waals surface area (Å²) in [5.41, 5.74) is 5.64. The summed E-state index contributed by atoms with van der Waals surface area (Å²) in [5, 5.41) is 0. The van der Waals surface area contributed by atoms with Crippen LogP contribution < -0.4 is 0 Å². The molecule has 0 saturated heterocycles. The Morgan fingerprint density at radius 1 is 0.833 bits per heavy atom. The molecule has 0 aromatic heterocycles. The Morgan fingerprint density at radius 3 is 1.96 bits per heavy atom. The van der Waals surface area contributed by atoms with Crippen molar-refractivity contribution in [3.63, 3.8) is 0 Å². The molecule has 0 atom stereocenters. The van der Waals surface area contributed by atoms with Gasteiger partial charge in [-0.2, -0.15) is 0 Å². The van der Waals surface area contributed by atoms with Crippen molar-refractivity contribution in [2.45, 2.75) is 58.3 Å². The summed E-state index contributed by atoms with van der Waals surface area (Å²) in [7, 11) is 0. The van der Waals surface area contributed by atoms with Gasteiger partial charge in [0.1, 0.15) is 0 Å². The first-order valence-corrected chi connectivity index (χ1v) is 9.62. The van der Waals surface area contributed by atoms with Crippen LogP contribution in [0.15, 0.2) is 60.7 Å².